The Morgan fingerprint density at radius 1 is 1.48 bits per heavy atom. The second kappa shape index (κ2) is 5.44. The molecule has 21 heavy (non-hydrogen) atoms. The lowest BCUT2D eigenvalue weighted by Crippen LogP contribution is -2.24. The zero-order valence-corrected chi connectivity index (χ0v) is 12.9. The zero-order valence-electron chi connectivity index (χ0n) is 11.3. The standard InChI is InChI=1S/C15H12BrFN2O2/c1-21-14-6-9(16)5-12(17)11(14)7-19-8-13-10(15(19)20)3-2-4-18-13/h2-6H,7-8H2,1H3. The number of nitrogens with zero attached hydrogens (tertiary/aromatic N) is 2. The number of halogens is 2. The highest BCUT2D eigenvalue weighted by molar-refractivity contribution is 9.10. The van der Waals surface area contributed by atoms with Crippen LogP contribution >= 0.6 is 15.9 Å². The van der Waals surface area contributed by atoms with Gasteiger partial charge in [0.15, 0.2) is 0 Å². The van der Waals surface area contributed by atoms with Gasteiger partial charge in [-0.05, 0) is 24.3 Å². The molecule has 0 unspecified atom stereocenters. The van der Waals surface area contributed by atoms with Gasteiger partial charge < -0.3 is 9.64 Å². The summed E-state index contributed by atoms with van der Waals surface area (Å²) in [4.78, 5) is 18.0. The van der Waals surface area contributed by atoms with E-state index in [1.54, 1.807) is 29.3 Å². The maximum absolute atomic E-state index is 14.1. The van der Waals surface area contributed by atoms with Crippen LogP contribution in [0.15, 0.2) is 34.9 Å². The van der Waals surface area contributed by atoms with Crippen LogP contribution in [-0.2, 0) is 13.1 Å². The van der Waals surface area contributed by atoms with Crippen molar-refractivity contribution >= 4 is 21.8 Å². The normalized spacial score (nSPS) is 13.5. The molecule has 0 saturated carbocycles. The molecule has 1 aromatic carbocycles. The van der Waals surface area contributed by atoms with Gasteiger partial charge in [0.1, 0.15) is 11.6 Å². The van der Waals surface area contributed by atoms with Gasteiger partial charge in [-0.15, -0.1) is 0 Å². The van der Waals surface area contributed by atoms with E-state index in [-0.39, 0.29) is 12.5 Å². The summed E-state index contributed by atoms with van der Waals surface area (Å²) in [5.74, 6) is -0.126. The molecule has 108 valence electrons. The number of hydrogen-bond donors (Lipinski definition) is 0. The van der Waals surface area contributed by atoms with E-state index >= 15 is 0 Å². The van der Waals surface area contributed by atoms with Crippen molar-refractivity contribution in [1.82, 2.24) is 9.88 Å². The summed E-state index contributed by atoms with van der Waals surface area (Å²) in [5.41, 5.74) is 1.66. The number of methoxy groups -OCH3 is 1. The summed E-state index contributed by atoms with van der Waals surface area (Å²) in [6.07, 6.45) is 1.65. The van der Waals surface area contributed by atoms with E-state index in [0.29, 0.717) is 27.9 Å². The quantitative estimate of drug-likeness (QED) is 0.853. The van der Waals surface area contributed by atoms with E-state index in [1.165, 1.54) is 13.2 Å². The molecule has 0 atom stereocenters. The summed E-state index contributed by atoms with van der Waals surface area (Å²) >= 11 is 3.23. The lowest BCUT2D eigenvalue weighted by atomic mass is 10.1. The van der Waals surface area contributed by atoms with Crippen molar-refractivity contribution in [2.75, 3.05) is 7.11 Å². The fourth-order valence-corrected chi connectivity index (χ4v) is 2.82. The second-order valence-electron chi connectivity index (χ2n) is 4.73. The summed E-state index contributed by atoms with van der Waals surface area (Å²) in [6.45, 7) is 0.533. The van der Waals surface area contributed by atoms with E-state index in [9.17, 15) is 9.18 Å². The van der Waals surface area contributed by atoms with Crippen molar-refractivity contribution in [2.45, 2.75) is 13.1 Å². The molecule has 0 aliphatic carbocycles. The SMILES string of the molecule is COc1cc(Br)cc(F)c1CN1Cc2ncccc2C1=O. The van der Waals surface area contributed by atoms with Crippen LogP contribution in [0.25, 0.3) is 0 Å². The molecule has 1 aliphatic rings. The van der Waals surface area contributed by atoms with Gasteiger partial charge >= 0.3 is 0 Å². The Bertz CT molecular complexity index is 721. The molecule has 0 N–H and O–H groups in total. The Labute approximate surface area is 129 Å². The minimum absolute atomic E-state index is 0.137. The van der Waals surface area contributed by atoms with Crippen molar-refractivity contribution in [1.29, 1.82) is 0 Å². The minimum atomic E-state index is -0.405. The molecule has 1 aliphatic heterocycles. The fourth-order valence-electron chi connectivity index (χ4n) is 2.42. The van der Waals surface area contributed by atoms with Crippen molar-refractivity contribution < 1.29 is 13.9 Å². The first-order valence-corrected chi connectivity index (χ1v) is 7.14. The fraction of sp³-hybridized carbons (Fsp3) is 0.200. The third kappa shape index (κ3) is 2.51. The molecular formula is C15H12BrFN2O2. The molecular weight excluding hydrogens is 339 g/mol. The first-order valence-electron chi connectivity index (χ1n) is 6.35. The number of pyridine rings is 1. The van der Waals surface area contributed by atoms with Gasteiger partial charge in [0.25, 0.3) is 5.91 Å². The Balaban J connectivity index is 1.91. The van der Waals surface area contributed by atoms with Crippen LogP contribution in [0.3, 0.4) is 0 Å². The molecule has 6 heteroatoms. The van der Waals surface area contributed by atoms with Crippen LogP contribution in [0.5, 0.6) is 5.75 Å². The highest BCUT2D eigenvalue weighted by Gasteiger charge is 2.29. The van der Waals surface area contributed by atoms with Gasteiger partial charge in [-0.1, -0.05) is 15.9 Å². The predicted octanol–water partition coefficient (Wildman–Crippen LogP) is 3.15. The monoisotopic (exact) mass is 350 g/mol. The van der Waals surface area contributed by atoms with Gasteiger partial charge in [-0.25, -0.2) is 4.39 Å². The number of aromatic nitrogens is 1. The molecule has 0 radical (unpaired) electrons. The van der Waals surface area contributed by atoms with Crippen LogP contribution < -0.4 is 4.74 Å². The Hall–Kier alpha value is -1.95. The maximum Gasteiger partial charge on any atom is 0.256 e. The van der Waals surface area contributed by atoms with Crippen molar-refractivity contribution in [2.24, 2.45) is 0 Å². The third-order valence-corrected chi connectivity index (χ3v) is 3.89. The molecule has 0 fully saturated rings. The maximum atomic E-state index is 14.1. The molecule has 4 nitrogen and oxygen atoms in total. The highest BCUT2D eigenvalue weighted by Crippen LogP contribution is 2.30. The van der Waals surface area contributed by atoms with Crippen molar-refractivity contribution in [3.8, 4) is 5.75 Å². The van der Waals surface area contributed by atoms with E-state index in [4.69, 9.17) is 4.74 Å². The first kappa shape index (κ1) is 14.0. The summed E-state index contributed by atoms with van der Waals surface area (Å²) in [5, 5.41) is 0. The number of carbonyl (C=O) groups is 1. The summed E-state index contributed by atoms with van der Waals surface area (Å²) in [7, 11) is 1.48. The summed E-state index contributed by atoms with van der Waals surface area (Å²) < 4.78 is 19.9. The largest absolute Gasteiger partial charge is 0.496 e. The van der Waals surface area contributed by atoms with Gasteiger partial charge in [0, 0.05) is 16.2 Å². The number of hydrogen-bond acceptors (Lipinski definition) is 3. The second-order valence-corrected chi connectivity index (χ2v) is 5.64. The molecule has 0 spiro atoms. The Kier molecular flexibility index (Phi) is 3.63. The van der Waals surface area contributed by atoms with E-state index in [1.807, 2.05) is 0 Å². The average Bonchev–Trinajstić information content (AvgIpc) is 2.78. The number of rotatable bonds is 3. The molecule has 2 aromatic rings. The first-order chi connectivity index (χ1) is 10.1. The predicted molar refractivity (Wildman–Crippen MR) is 78.5 cm³/mol. The highest BCUT2D eigenvalue weighted by atomic mass is 79.9. The van der Waals surface area contributed by atoms with E-state index < -0.39 is 5.82 Å². The van der Waals surface area contributed by atoms with Gasteiger partial charge in [-0.3, -0.25) is 9.78 Å². The summed E-state index contributed by atoms with van der Waals surface area (Å²) in [6, 6.07) is 6.51. The average molecular weight is 351 g/mol. The van der Waals surface area contributed by atoms with E-state index in [0.717, 1.165) is 5.69 Å². The lowest BCUT2D eigenvalue weighted by Gasteiger charge is -2.18. The molecule has 1 amide bonds. The molecule has 2 heterocycles. The number of ether oxygens (including phenoxy) is 1. The molecule has 0 bridgehead atoms. The smallest absolute Gasteiger partial charge is 0.256 e. The molecule has 1 aromatic heterocycles. The molecule has 3 rings (SSSR count). The number of fused-ring (bicyclic) bond motifs is 1. The number of amides is 1. The van der Waals surface area contributed by atoms with Crippen molar-refractivity contribution in [3.05, 3.63) is 57.6 Å². The van der Waals surface area contributed by atoms with E-state index in [2.05, 4.69) is 20.9 Å². The van der Waals surface area contributed by atoms with Crippen molar-refractivity contribution in [3.63, 3.8) is 0 Å². The van der Waals surface area contributed by atoms with Crippen LogP contribution in [0.4, 0.5) is 4.39 Å². The van der Waals surface area contributed by atoms with Crippen LogP contribution in [0, 0.1) is 5.82 Å². The Morgan fingerprint density at radius 2 is 2.29 bits per heavy atom. The van der Waals surface area contributed by atoms with Crippen LogP contribution in [0.2, 0.25) is 0 Å². The third-order valence-electron chi connectivity index (χ3n) is 3.44. The number of carbonyl (C=O) groups excluding carboxylic acids is 1. The van der Waals surface area contributed by atoms with Gasteiger partial charge in [0.05, 0.1) is 31.5 Å². The topological polar surface area (TPSA) is 42.4 Å². The minimum Gasteiger partial charge on any atom is -0.496 e. The van der Waals surface area contributed by atoms with Crippen LogP contribution in [-0.4, -0.2) is 22.9 Å². The van der Waals surface area contributed by atoms with Crippen LogP contribution in [0.1, 0.15) is 21.6 Å². The lowest BCUT2D eigenvalue weighted by molar-refractivity contribution is 0.0763. The van der Waals surface area contributed by atoms with Gasteiger partial charge in [0.2, 0.25) is 0 Å². The van der Waals surface area contributed by atoms with Gasteiger partial charge in [-0.2, -0.15) is 0 Å². The Morgan fingerprint density at radius 3 is 3.00 bits per heavy atom. The number of benzene rings is 1. The molecule has 0 saturated heterocycles. The zero-order chi connectivity index (χ0) is 15.0.